The van der Waals surface area contributed by atoms with Crippen molar-refractivity contribution in [1.82, 2.24) is 10.2 Å². The lowest BCUT2D eigenvalue weighted by molar-refractivity contribution is 0.409. The van der Waals surface area contributed by atoms with Gasteiger partial charge in [-0.15, -0.1) is 10.2 Å². The Kier molecular flexibility index (Phi) is 5.12. The molecule has 0 aliphatic rings. The summed E-state index contributed by atoms with van der Waals surface area (Å²) in [6, 6.07) is 30.8. The zero-order valence-electron chi connectivity index (χ0n) is 14.2. The second kappa shape index (κ2) is 8.02. The van der Waals surface area contributed by atoms with E-state index in [0.29, 0.717) is 11.1 Å². The number of thioether (sulfide) groups is 1. The van der Waals surface area contributed by atoms with Crippen molar-refractivity contribution in [1.29, 1.82) is 0 Å². The maximum atomic E-state index is 6.02. The van der Waals surface area contributed by atoms with Gasteiger partial charge >= 0.3 is 0 Å². The summed E-state index contributed by atoms with van der Waals surface area (Å²) in [7, 11) is 0. The van der Waals surface area contributed by atoms with Crippen LogP contribution in [-0.4, -0.2) is 10.2 Å². The standard InChI is InChI=1S/C22H18N2OS/c1-4-10-17(11-5-1)16-26-22-24-23-21(25-22)20(18-12-6-2-7-13-18)19-14-8-3-9-15-19/h1-15,20H,16H2. The molecular weight excluding hydrogens is 340 g/mol. The van der Waals surface area contributed by atoms with Crippen molar-refractivity contribution in [3.63, 3.8) is 0 Å². The molecule has 0 aliphatic carbocycles. The van der Waals surface area contributed by atoms with Crippen LogP contribution in [0.4, 0.5) is 0 Å². The molecule has 0 radical (unpaired) electrons. The van der Waals surface area contributed by atoms with Crippen molar-refractivity contribution in [3.05, 3.63) is 114 Å². The van der Waals surface area contributed by atoms with Crippen LogP contribution in [0.5, 0.6) is 0 Å². The molecule has 0 saturated carbocycles. The Hall–Kier alpha value is -2.85. The van der Waals surface area contributed by atoms with E-state index in [1.54, 1.807) is 11.8 Å². The molecular formula is C22H18N2OS. The molecule has 0 amide bonds. The Morgan fingerprint density at radius 2 is 1.23 bits per heavy atom. The zero-order chi connectivity index (χ0) is 17.6. The monoisotopic (exact) mass is 358 g/mol. The lowest BCUT2D eigenvalue weighted by Gasteiger charge is -2.13. The molecule has 0 atom stereocenters. The van der Waals surface area contributed by atoms with Gasteiger partial charge in [0.1, 0.15) is 0 Å². The summed E-state index contributed by atoms with van der Waals surface area (Å²) in [5.74, 6) is 1.37. The van der Waals surface area contributed by atoms with Crippen molar-refractivity contribution in [3.8, 4) is 0 Å². The lowest BCUT2D eigenvalue weighted by Crippen LogP contribution is -2.03. The van der Waals surface area contributed by atoms with Crippen LogP contribution in [0.15, 0.2) is 101 Å². The van der Waals surface area contributed by atoms with Gasteiger partial charge in [-0.1, -0.05) is 103 Å². The first-order chi connectivity index (χ1) is 12.9. The summed E-state index contributed by atoms with van der Waals surface area (Å²) in [6.07, 6.45) is 0. The maximum Gasteiger partial charge on any atom is 0.276 e. The van der Waals surface area contributed by atoms with Gasteiger partial charge in [-0.2, -0.15) is 0 Å². The Morgan fingerprint density at radius 3 is 1.81 bits per heavy atom. The van der Waals surface area contributed by atoms with E-state index in [2.05, 4.69) is 46.6 Å². The number of aromatic nitrogens is 2. The number of nitrogens with zero attached hydrogens (tertiary/aromatic N) is 2. The van der Waals surface area contributed by atoms with Crippen LogP contribution in [0, 0.1) is 0 Å². The van der Waals surface area contributed by atoms with Gasteiger partial charge in [0.25, 0.3) is 5.22 Å². The van der Waals surface area contributed by atoms with Crippen molar-refractivity contribution in [2.75, 3.05) is 0 Å². The number of rotatable bonds is 6. The first-order valence-corrected chi connectivity index (χ1v) is 9.49. The molecule has 1 heterocycles. The quantitative estimate of drug-likeness (QED) is 0.424. The van der Waals surface area contributed by atoms with E-state index in [-0.39, 0.29) is 5.92 Å². The molecule has 26 heavy (non-hydrogen) atoms. The smallest absolute Gasteiger partial charge is 0.276 e. The molecule has 0 saturated heterocycles. The Bertz CT molecular complexity index is 900. The molecule has 4 heteroatoms. The third-order valence-electron chi connectivity index (χ3n) is 4.14. The maximum absolute atomic E-state index is 6.02. The molecule has 3 nitrogen and oxygen atoms in total. The molecule has 3 aromatic carbocycles. The van der Waals surface area contributed by atoms with Gasteiger partial charge in [0.05, 0.1) is 5.92 Å². The second-order valence-electron chi connectivity index (χ2n) is 5.93. The molecule has 1 aromatic heterocycles. The minimum Gasteiger partial charge on any atom is -0.415 e. The molecule has 0 aliphatic heterocycles. The van der Waals surface area contributed by atoms with Crippen LogP contribution in [-0.2, 0) is 5.75 Å². The Balaban J connectivity index is 1.60. The van der Waals surface area contributed by atoms with Crippen LogP contribution in [0.3, 0.4) is 0 Å². The third kappa shape index (κ3) is 3.86. The number of benzene rings is 3. The molecule has 0 unspecified atom stereocenters. The average molecular weight is 358 g/mol. The highest BCUT2D eigenvalue weighted by Gasteiger charge is 2.22. The van der Waals surface area contributed by atoms with E-state index in [9.17, 15) is 0 Å². The van der Waals surface area contributed by atoms with Crippen molar-refractivity contribution < 1.29 is 4.42 Å². The van der Waals surface area contributed by atoms with Gasteiger partial charge < -0.3 is 4.42 Å². The summed E-state index contributed by atoms with van der Waals surface area (Å²) in [4.78, 5) is 0. The summed E-state index contributed by atoms with van der Waals surface area (Å²) >= 11 is 1.56. The summed E-state index contributed by atoms with van der Waals surface area (Å²) in [6.45, 7) is 0. The molecule has 128 valence electrons. The average Bonchev–Trinajstić information content (AvgIpc) is 3.18. The minimum absolute atomic E-state index is 0.0593. The normalized spacial score (nSPS) is 11.0. The fourth-order valence-electron chi connectivity index (χ4n) is 2.88. The van der Waals surface area contributed by atoms with Crippen molar-refractivity contribution >= 4 is 11.8 Å². The molecule has 0 spiro atoms. The molecule has 4 aromatic rings. The fourth-order valence-corrected chi connectivity index (χ4v) is 3.61. The highest BCUT2D eigenvalue weighted by molar-refractivity contribution is 7.98. The van der Waals surface area contributed by atoms with E-state index < -0.39 is 0 Å². The molecule has 4 rings (SSSR count). The van der Waals surface area contributed by atoms with E-state index in [4.69, 9.17) is 4.42 Å². The van der Waals surface area contributed by atoms with Gasteiger partial charge in [0.15, 0.2) is 0 Å². The zero-order valence-corrected chi connectivity index (χ0v) is 15.0. The van der Waals surface area contributed by atoms with Gasteiger partial charge in [-0.3, -0.25) is 0 Å². The first kappa shape index (κ1) is 16.6. The van der Waals surface area contributed by atoms with Gasteiger partial charge in [-0.25, -0.2) is 0 Å². The summed E-state index contributed by atoms with van der Waals surface area (Å²) in [5.41, 5.74) is 3.52. The van der Waals surface area contributed by atoms with Crippen molar-refractivity contribution in [2.24, 2.45) is 0 Å². The van der Waals surface area contributed by atoms with Gasteiger partial charge in [0, 0.05) is 5.75 Å². The van der Waals surface area contributed by atoms with Crippen LogP contribution in [0.1, 0.15) is 28.5 Å². The minimum atomic E-state index is -0.0593. The summed E-state index contributed by atoms with van der Waals surface area (Å²) in [5, 5.41) is 9.19. The summed E-state index contributed by atoms with van der Waals surface area (Å²) < 4.78 is 6.02. The molecule has 0 fully saturated rings. The predicted octanol–water partition coefficient (Wildman–Crippen LogP) is 5.54. The highest BCUT2D eigenvalue weighted by atomic mass is 32.2. The van der Waals surface area contributed by atoms with Crippen LogP contribution >= 0.6 is 11.8 Å². The van der Waals surface area contributed by atoms with Crippen LogP contribution in [0.2, 0.25) is 0 Å². The van der Waals surface area contributed by atoms with E-state index >= 15 is 0 Å². The lowest BCUT2D eigenvalue weighted by atomic mass is 9.91. The van der Waals surface area contributed by atoms with Crippen molar-refractivity contribution in [2.45, 2.75) is 16.9 Å². The first-order valence-electron chi connectivity index (χ1n) is 8.50. The number of hydrogen-bond acceptors (Lipinski definition) is 4. The number of hydrogen-bond donors (Lipinski definition) is 0. The Morgan fingerprint density at radius 1 is 0.692 bits per heavy atom. The van der Waals surface area contributed by atoms with Gasteiger partial charge in [-0.05, 0) is 16.7 Å². The van der Waals surface area contributed by atoms with E-state index in [0.717, 1.165) is 16.9 Å². The molecule has 0 bridgehead atoms. The van der Waals surface area contributed by atoms with Crippen LogP contribution < -0.4 is 0 Å². The SMILES string of the molecule is c1ccc(CSc2nnc(C(c3ccccc3)c3ccccc3)o2)cc1. The van der Waals surface area contributed by atoms with Crippen LogP contribution in [0.25, 0.3) is 0 Å². The Labute approximate surface area is 157 Å². The predicted molar refractivity (Wildman–Crippen MR) is 104 cm³/mol. The topological polar surface area (TPSA) is 38.9 Å². The van der Waals surface area contributed by atoms with E-state index in [1.165, 1.54) is 5.56 Å². The third-order valence-corrected chi connectivity index (χ3v) is 5.03. The second-order valence-corrected chi connectivity index (χ2v) is 6.86. The molecule has 0 N–H and O–H groups in total. The largest absolute Gasteiger partial charge is 0.415 e. The fraction of sp³-hybridized carbons (Fsp3) is 0.0909. The van der Waals surface area contributed by atoms with E-state index in [1.807, 2.05) is 54.6 Å². The van der Waals surface area contributed by atoms with Gasteiger partial charge in [0.2, 0.25) is 5.89 Å². The highest BCUT2D eigenvalue weighted by Crippen LogP contribution is 2.32.